The summed E-state index contributed by atoms with van der Waals surface area (Å²) in [5, 5.41) is 0.667. The fraction of sp³-hybridized carbons (Fsp3) is 0.273. The van der Waals surface area contributed by atoms with Gasteiger partial charge in [0.2, 0.25) is 5.95 Å². The van der Waals surface area contributed by atoms with E-state index in [0.717, 1.165) is 0 Å². The summed E-state index contributed by atoms with van der Waals surface area (Å²) in [5.74, 6) is 1.36. The van der Waals surface area contributed by atoms with Gasteiger partial charge in [0.05, 0.1) is 30.9 Å². The quantitative estimate of drug-likeness (QED) is 0.579. The number of nitrogen functional groups attached to an aromatic ring is 1. The van der Waals surface area contributed by atoms with E-state index in [9.17, 15) is 9.59 Å². The highest BCUT2D eigenvalue weighted by molar-refractivity contribution is 6.21. The van der Waals surface area contributed by atoms with Gasteiger partial charge in [-0.3, -0.25) is 14.5 Å². The van der Waals surface area contributed by atoms with Crippen LogP contribution in [0.3, 0.4) is 0 Å². The minimum Gasteiger partial charge on any atom is -0.493 e. The van der Waals surface area contributed by atoms with Crippen LogP contribution in [0.15, 0.2) is 36.4 Å². The van der Waals surface area contributed by atoms with Crippen LogP contribution in [-0.4, -0.2) is 61.0 Å². The average molecular weight is 421 g/mol. The minimum atomic E-state index is -0.254. The van der Waals surface area contributed by atoms with Gasteiger partial charge in [0.15, 0.2) is 11.5 Å². The van der Waals surface area contributed by atoms with Crippen molar-refractivity contribution in [2.75, 3.05) is 45.0 Å². The van der Waals surface area contributed by atoms with Crippen molar-refractivity contribution >= 4 is 34.5 Å². The molecule has 4 rings (SSSR count). The van der Waals surface area contributed by atoms with Gasteiger partial charge in [0.1, 0.15) is 5.82 Å². The lowest BCUT2D eigenvalue weighted by Gasteiger charge is -2.20. The second-order valence-electron chi connectivity index (χ2n) is 7.22. The van der Waals surface area contributed by atoms with Gasteiger partial charge in [-0.25, -0.2) is 4.98 Å². The van der Waals surface area contributed by atoms with Crippen molar-refractivity contribution < 1.29 is 19.1 Å². The van der Waals surface area contributed by atoms with E-state index >= 15 is 0 Å². The molecule has 0 radical (unpaired) electrons. The molecule has 0 spiro atoms. The topological polar surface area (TPSA) is 111 Å². The Balaban J connectivity index is 1.47. The van der Waals surface area contributed by atoms with E-state index in [0.29, 0.717) is 64.8 Å². The molecular weight excluding hydrogens is 398 g/mol. The third-order valence-electron chi connectivity index (χ3n) is 5.31. The lowest BCUT2D eigenvalue weighted by molar-refractivity contribution is 0.0653. The molecule has 9 heteroatoms. The van der Waals surface area contributed by atoms with E-state index in [1.54, 1.807) is 50.6 Å². The maximum absolute atomic E-state index is 12.5. The summed E-state index contributed by atoms with van der Waals surface area (Å²) < 4.78 is 10.7. The van der Waals surface area contributed by atoms with Crippen molar-refractivity contribution in [2.24, 2.45) is 0 Å². The molecule has 0 fully saturated rings. The number of hydrogen-bond donors (Lipinski definition) is 1. The molecule has 0 saturated heterocycles. The summed E-state index contributed by atoms with van der Waals surface area (Å²) in [6.07, 6.45) is 0.565. The van der Waals surface area contributed by atoms with E-state index in [1.165, 1.54) is 4.90 Å². The van der Waals surface area contributed by atoms with Crippen LogP contribution in [0.4, 0.5) is 11.8 Å². The fourth-order valence-corrected chi connectivity index (χ4v) is 3.65. The number of carbonyl (C=O) groups is 2. The zero-order valence-corrected chi connectivity index (χ0v) is 17.6. The lowest BCUT2D eigenvalue weighted by atomic mass is 10.1. The van der Waals surface area contributed by atoms with Gasteiger partial charge >= 0.3 is 0 Å². The molecule has 2 N–H and O–H groups in total. The van der Waals surface area contributed by atoms with Gasteiger partial charge in [0.25, 0.3) is 11.8 Å². The maximum Gasteiger partial charge on any atom is 0.261 e. The zero-order chi connectivity index (χ0) is 22.1. The summed E-state index contributed by atoms with van der Waals surface area (Å²) in [4.78, 5) is 37.1. The number of carbonyl (C=O) groups excluding carboxylic acids is 2. The van der Waals surface area contributed by atoms with Crippen LogP contribution in [0, 0.1) is 0 Å². The van der Waals surface area contributed by atoms with Crippen LogP contribution in [0.25, 0.3) is 10.9 Å². The summed E-state index contributed by atoms with van der Waals surface area (Å²) >= 11 is 0. The number of anilines is 2. The predicted octanol–water partition coefficient (Wildman–Crippen LogP) is 2.35. The Morgan fingerprint density at radius 2 is 1.61 bits per heavy atom. The molecule has 2 amide bonds. The zero-order valence-electron chi connectivity index (χ0n) is 17.6. The summed E-state index contributed by atoms with van der Waals surface area (Å²) in [5.41, 5.74) is 7.69. The molecule has 3 aromatic rings. The summed E-state index contributed by atoms with van der Waals surface area (Å²) in [6.45, 7) is 0.844. The van der Waals surface area contributed by atoms with Gasteiger partial charge in [-0.1, -0.05) is 12.1 Å². The number of ether oxygens (including phenoxy) is 2. The molecule has 0 aliphatic carbocycles. The minimum absolute atomic E-state index is 0.254. The van der Waals surface area contributed by atoms with E-state index in [1.807, 2.05) is 11.9 Å². The molecule has 1 aromatic heterocycles. The Labute approximate surface area is 179 Å². The Morgan fingerprint density at radius 1 is 1.00 bits per heavy atom. The first kappa shape index (κ1) is 20.4. The molecule has 0 saturated carbocycles. The molecule has 2 aromatic carbocycles. The van der Waals surface area contributed by atoms with Gasteiger partial charge in [0, 0.05) is 31.6 Å². The van der Waals surface area contributed by atoms with Crippen LogP contribution in [-0.2, 0) is 0 Å². The number of nitrogens with zero attached hydrogens (tertiary/aromatic N) is 4. The molecule has 9 nitrogen and oxygen atoms in total. The van der Waals surface area contributed by atoms with Crippen LogP contribution >= 0.6 is 0 Å². The number of rotatable bonds is 7. The summed E-state index contributed by atoms with van der Waals surface area (Å²) in [7, 11) is 4.95. The highest BCUT2D eigenvalue weighted by atomic mass is 16.5. The molecule has 160 valence electrons. The second kappa shape index (κ2) is 8.10. The molecule has 0 atom stereocenters. The average Bonchev–Trinajstić information content (AvgIpc) is 3.03. The van der Waals surface area contributed by atoms with Crippen molar-refractivity contribution in [3.05, 3.63) is 47.5 Å². The molecule has 0 bridgehead atoms. The second-order valence-corrected chi connectivity index (χ2v) is 7.22. The number of aromatic nitrogens is 2. The van der Waals surface area contributed by atoms with Gasteiger partial charge in [-0.05, 0) is 24.6 Å². The number of nitrogens with two attached hydrogens (primary N) is 1. The van der Waals surface area contributed by atoms with Crippen molar-refractivity contribution in [1.29, 1.82) is 0 Å². The van der Waals surface area contributed by atoms with Crippen molar-refractivity contribution in [2.45, 2.75) is 6.42 Å². The van der Waals surface area contributed by atoms with Crippen LogP contribution in [0.2, 0.25) is 0 Å². The van der Waals surface area contributed by atoms with Crippen molar-refractivity contribution in [3.8, 4) is 11.5 Å². The smallest absolute Gasteiger partial charge is 0.261 e. The Bertz CT molecular complexity index is 1150. The molecule has 0 unspecified atom stereocenters. The standard InChI is InChI=1S/C22H23N5O4/c1-26(9-6-10-27-20(28)13-7-4-5-8-14(13)21(27)29)22-24-16-12-18(31-3)17(30-2)11-15(16)19(23)25-22/h4-5,7-8,11-12H,6,9-10H2,1-3H3,(H2,23,24,25). The third-order valence-corrected chi connectivity index (χ3v) is 5.31. The highest BCUT2D eigenvalue weighted by Crippen LogP contribution is 2.34. The van der Waals surface area contributed by atoms with Crippen molar-refractivity contribution in [1.82, 2.24) is 14.9 Å². The Morgan fingerprint density at radius 3 is 2.23 bits per heavy atom. The number of imide groups is 1. The largest absolute Gasteiger partial charge is 0.493 e. The first-order valence-electron chi connectivity index (χ1n) is 9.80. The third kappa shape index (κ3) is 3.58. The monoisotopic (exact) mass is 421 g/mol. The Kier molecular flexibility index (Phi) is 5.33. The molecule has 1 aliphatic rings. The number of methoxy groups -OCH3 is 2. The molecule has 31 heavy (non-hydrogen) atoms. The van der Waals surface area contributed by atoms with Crippen molar-refractivity contribution in [3.63, 3.8) is 0 Å². The maximum atomic E-state index is 12.5. The molecule has 2 heterocycles. The van der Waals surface area contributed by atoms with Gasteiger partial charge < -0.3 is 20.1 Å². The van der Waals surface area contributed by atoms with Crippen LogP contribution < -0.4 is 20.1 Å². The predicted molar refractivity (Wildman–Crippen MR) is 117 cm³/mol. The number of hydrogen-bond acceptors (Lipinski definition) is 8. The first-order valence-corrected chi connectivity index (χ1v) is 9.80. The highest BCUT2D eigenvalue weighted by Gasteiger charge is 2.34. The fourth-order valence-electron chi connectivity index (χ4n) is 3.65. The SMILES string of the molecule is COc1cc2nc(N(C)CCCN3C(=O)c4ccccc4C3=O)nc(N)c2cc1OC. The van der Waals surface area contributed by atoms with Gasteiger partial charge in [-0.2, -0.15) is 4.98 Å². The van der Waals surface area contributed by atoms with E-state index in [2.05, 4.69) is 9.97 Å². The normalized spacial score (nSPS) is 12.9. The van der Waals surface area contributed by atoms with E-state index in [4.69, 9.17) is 15.2 Å². The first-order chi connectivity index (χ1) is 14.9. The molecule has 1 aliphatic heterocycles. The van der Waals surface area contributed by atoms with Crippen LogP contribution in [0.1, 0.15) is 27.1 Å². The van der Waals surface area contributed by atoms with E-state index < -0.39 is 0 Å². The van der Waals surface area contributed by atoms with Crippen LogP contribution in [0.5, 0.6) is 11.5 Å². The number of fused-ring (bicyclic) bond motifs is 2. The van der Waals surface area contributed by atoms with E-state index in [-0.39, 0.29) is 11.8 Å². The lowest BCUT2D eigenvalue weighted by Crippen LogP contribution is -2.33. The van der Waals surface area contributed by atoms with Gasteiger partial charge in [-0.15, -0.1) is 0 Å². The number of amides is 2. The molecular formula is C22H23N5O4. The Hall–Kier alpha value is -3.88. The summed E-state index contributed by atoms with van der Waals surface area (Å²) in [6, 6.07) is 10.4. The number of benzene rings is 2.